The molecule has 4 heteroatoms. The molecule has 0 aliphatic rings. The minimum Gasteiger partial charge on any atom is -0.502 e. The summed E-state index contributed by atoms with van der Waals surface area (Å²) in [6.07, 6.45) is 0.127. The molecule has 0 atom stereocenters. The summed E-state index contributed by atoms with van der Waals surface area (Å²) >= 11 is 0. The number of rotatable bonds is 3. The van der Waals surface area contributed by atoms with Crippen LogP contribution >= 0.6 is 0 Å². The molecule has 1 aromatic carbocycles. The van der Waals surface area contributed by atoms with Crippen LogP contribution in [-0.4, -0.2) is 11.7 Å². The van der Waals surface area contributed by atoms with Crippen molar-refractivity contribution in [3.8, 4) is 0 Å². The molecule has 1 rings (SSSR count). The van der Waals surface area contributed by atoms with Gasteiger partial charge in [-0.15, -0.1) is 0 Å². The Labute approximate surface area is 121 Å². The molecular formula is C12H14NO2Y-. The average molecular weight is 293 g/mol. The van der Waals surface area contributed by atoms with Gasteiger partial charge in [-0.05, 0) is 30.5 Å². The molecule has 0 aliphatic heterocycles. The maximum Gasteiger partial charge on any atom is 0.258 e. The second kappa shape index (κ2) is 6.92. The Morgan fingerprint density at radius 2 is 1.88 bits per heavy atom. The van der Waals surface area contributed by atoms with E-state index >= 15 is 0 Å². The van der Waals surface area contributed by atoms with Gasteiger partial charge >= 0.3 is 0 Å². The van der Waals surface area contributed by atoms with Gasteiger partial charge in [0.2, 0.25) is 5.78 Å². The molecule has 1 aromatic rings. The van der Waals surface area contributed by atoms with Crippen molar-refractivity contribution in [2.24, 2.45) is 0 Å². The minimum absolute atomic E-state index is 0. The van der Waals surface area contributed by atoms with Crippen molar-refractivity contribution >= 4 is 11.7 Å². The predicted molar refractivity (Wildman–Crippen MR) is 58.1 cm³/mol. The van der Waals surface area contributed by atoms with E-state index in [1.165, 1.54) is 5.56 Å². The van der Waals surface area contributed by atoms with E-state index in [4.69, 9.17) is 0 Å². The van der Waals surface area contributed by atoms with Crippen LogP contribution in [0.1, 0.15) is 16.7 Å². The molecule has 0 bridgehead atoms. The molecule has 83 valence electrons. The Hall–Kier alpha value is -0.536. The van der Waals surface area contributed by atoms with Crippen molar-refractivity contribution in [1.82, 2.24) is 5.32 Å². The summed E-state index contributed by atoms with van der Waals surface area (Å²) in [7, 11) is 3.16. The van der Waals surface area contributed by atoms with E-state index in [0.717, 1.165) is 11.1 Å². The number of Topliss-reactive ketones (excluding diaryl/α,β-unsaturated/α-hetero) is 1. The fourth-order valence-electron chi connectivity index (χ4n) is 1.28. The summed E-state index contributed by atoms with van der Waals surface area (Å²) in [5, 5.41) is 2.07. The summed E-state index contributed by atoms with van der Waals surface area (Å²) in [6.45, 7) is 3.98. The topological polar surface area (TPSA) is 46.2 Å². The van der Waals surface area contributed by atoms with Gasteiger partial charge in [-0.3, -0.25) is 16.6 Å². The molecule has 0 aliphatic carbocycles. The van der Waals surface area contributed by atoms with Crippen LogP contribution in [0.5, 0.6) is 0 Å². The van der Waals surface area contributed by atoms with E-state index in [1.54, 1.807) is 0 Å². The fourth-order valence-corrected chi connectivity index (χ4v) is 1.28. The zero-order valence-corrected chi connectivity index (χ0v) is 12.4. The van der Waals surface area contributed by atoms with Gasteiger partial charge in [-0.1, -0.05) is 18.2 Å². The number of hydrogen-bond donors (Lipinski definition) is 1. The number of amides is 1. The maximum absolute atomic E-state index is 11.3. The standard InChI is InChI=1S/C12H14NO2.Y/c1-8-4-5-10(6-9(8)2)7-11(14)12(15)13-3;/h4-6H,3,7H2,1-2H3,(H,13,15);/q-1;. The summed E-state index contributed by atoms with van der Waals surface area (Å²) in [4.78, 5) is 22.2. The molecule has 3 nitrogen and oxygen atoms in total. The number of benzene rings is 1. The number of nitrogens with one attached hydrogen (secondary N) is 1. The number of ketones is 1. The molecule has 0 saturated heterocycles. The Kier molecular flexibility index (Phi) is 6.69. The largest absolute Gasteiger partial charge is 0.502 e. The third-order valence-corrected chi connectivity index (χ3v) is 2.35. The van der Waals surface area contributed by atoms with Crippen LogP contribution in [0.25, 0.3) is 0 Å². The van der Waals surface area contributed by atoms with E-state index < -0.39 is 11.7 Å². The number of carbonyl (C=O) groups is 2. The Morgan fingerprint density at radius 1 is 1.25 bits per heavy atom. The van der Waals surface area contributed by atoms with Gasteiger partial charge in [0.1, 0.15) is 0 Å². The fraction of sp³-hybridized carbons (Fsp3) is 0.250. The molecule has 1 radical (unpaired) electrons. The second-order valence-corrected chi connectivity index (χ2v) is 3.52. The molecule has 1 amide bonds. The molecule has 0 saturated carbocycles. The zero-order valence-electron chi connectivity index (χ0n) is 9.54. The molecule has 0 aromatic heterocycles. The first-order valence-corrected chi connectivity index (χ1v) is 4.71. The van der Waals surface area contributed by atoms with Gasteiger partial charge in [0.05, 0.1) is 0 Å². The van der Waals surface area contributed by atoms with Gasteiger partial charge in [0.15, 0.2) is 0 Å². The van der Waals surface area contributed by atoms with Crippen LogP contribution in [0.3, 0.4) is 0 Å². The Morgan fingerprint density at radius 3 is 2.38 bits per heavy atom. The van der Waals surface area contributed by atoms with Crippen molar-refractivity contribution in [3.05, 3.63) is 41.9 Å². The third-order valence-electron chi connectivity index (χ3n) is 2.35. The zero-order chi connectivity index (χ0) is 11.4. The first kappa shape index (κ1) is 15.5. The summed E-state index contributed by atoms with van der Waals surface area (Å²) in [6, 6.07) is 5.72. The van der Waals surface area contributed by atoms with Gasteiger partial charge in [0.25, 0.3) is 5.91 Å². The van der Waals surface area contributed by atoms with E-state index in [0.29, 0.717) is 0 Å². The van der Waals surface area contributed by atoms with Crippen molar-refractivity contribution in [1.29, 1.82) is 0 Å². The Bertz CT molecular complexity index is 402. The SMILES string of the molecule is [CH2-]NC(=O)C(=O)Cc1ccc(C)c(C)c1.[Y]. The van der Waals surface area contributed by atoms with Crippen molar-refractivity contribution in [2.45, 2.75) is 20.3 Å². The molecule has 0 heterocycles. The number of hydrogen-bond acceptors (Lipinski definition) is 2. The monoisotopic (exact) mass is 293 g/mol. The van der Waals surface area contributed by atoms with Gasteiger partial charge in [0, 0.05) is 39.1 Å². The molecule has 0 spiro atoms. The van der Waals surface area contributed by atoms with Crippen LogP contribution in [0.2, 0.25) is 0 Å². The van der Waals surface area contributed by atoms with Crippen LogP contribution in [0.15, 0.2) is 18.2 Å². The summed E-state index contributed by atoms with van der Waals surface area (Å²) < 4.78 is 0. The molecular weight excluding hydrogens is 279 g/mol. The third kappa shape index (κ3) is 4.14. The Balaban J connectivity index is 0.00000225. The minimum atomic E-state index is -0.645. The maximum atomic E-state index is 11.3. The number of aryl methyl sites for hydroxylation is 2. The van der Waals surface area contributed by atoms with E-state index in [2.05, 4.69) is 12.4 Å². The van der Waals surface area contributed by atoms with Crippen molar-refractivity contribution < 1.29 is 42.3 Å². The van der Waals surface area contributed by atoms with E-state index in [-0.39, 0.29) is 39.1 Å². The first-order chi connectivity index (χ1) is 7.04. The quantitative estimate of drug-likeness (QED) is 0.675. The van der Waals surface area contributed by atoms with E-state index in [1.807, 2.05) is 32.0 Å². The first-order valence-electron chi connectivity index (χ1n) is 4.71. The van der Waals surface area contributed by atoms with Gasteiger partial charge in [-0.2, -0.15) is 0 Å². The van der Waals surface area contributed by atoms with Crippen LogP contribution in [0.4, 0.5) is 0 Å². The molecule has 0 fully saturated rings. The van der Waals surface area contributed by atoms with E-state index in [9.17, 15) is 9.59 Å². The van der Waals surface area contributed by atoms with Gasteiger partial charge < -0.3 is 5.32 Å². The molecule has 1 N–H and O–H groups in total. The second-order valence-electron chi connectivity index (χ2n) is 3.52. The van der Waals surface area contributed by atoms with Gasteiger partial charge in [-0.25, -0.2) is 0 Å². The normalized spacial score (nSPS) is 9.19. The van der Waals surface area contributed by atoms with Crippen LogP contribution in [0, 0.1) is 20.9 Å². The summed E-state index contributed by atoms with van der Waals surface area (Å²) in [5.41, 5.74) is 3.15. The molecule has 16 heavy (non-hydrogen) atoms. The van der Waals surface area contributed by atoms with Crippen molar-refractivity contribution in [2.75, 3.05) is 0 Å². The van der Waals surface area contributed by atoms with Crippen LogP contribution in [-0.2, 0) is 48.7 Å². The number of carbonyl (C=O) groups excluding carboxylic acids is 2. The predicted octanol–water partition coefficient (Wildman–Crippen LogP) is 1.32. The average Bonchev–Trinajstić information content (AvgIpc) is 2.22. The summed E-state index contributed by atoms with van der Waals surface area (Å²) in [5.74, 6) is -1.11. The smallest absolute Gasteiger partial charge is 0.258 e. The molecule has 0 unspecified atom stereocenters. The van der Waals surface area contributed by atoms with Crippen molar-refractivity contribution in [3.63, 3.8) is 0 Å². The van der Waals surface area contributed by atoms with Crippen LogP contribution < -0.4 is 5.32 Å².